The fraction of sp³-hybridized carbons (Fsp3) is 0.233. The molecule has 3 heterocycles. The molecule has 41 heavy (non-hydrogen) atoms. The number of amides is 4. The first kappa shape index (κ1) is 29.9. The summed E-state index contributed by atoms with van der Waals surface area (Å²) in [5.74, 6) is -1.10. The van der Waals surface area contributed by atoms with Crippen LogP contribution in [0.25, 0.3) is 12.2 Å². The highest BCUT2D eigenvalue weighted by Crippen LogP contribution is 2.34. The molecule has 1 aromatic carbocycles. The van der Waals surface area contributed by atoms with E-state index >= 15 is 0 Å². The fourth-order valence-corrected chi connectivity index (χ4v) is 6.12. The number of carbonyl (C=O) groups excluding carboxylic acids is 5. The topological polar surface area (TPSA) is 114 Å². The van der Waals surface area contributed by atoms with E-state index in [2.05, 4.69) is 4.74 Å². The number of hydrogen-bond acceptors (Lipinski definition) is 9. The molecule has 0 saturated carbocycles. The Morgan fingerprint density at radius 3 is 2.37 bits per heavy atom. The Balaban J connectivity index is 1.37. The Morgan fingerprint density at radius 1 is 1.00 bits per heavy atom. The summed E-state index contributed by atoms with van der Waals surface area (Å²) in [6.45, 7) is 5.12. The van der Waals surface area contributed by atoms with Gasteiger partial charge in [-0.15, -0.1) is 0 Å². The molecule has 2 aromatic rings. The van der Waals surface area contributed by atoms with Gasteiger partial charge in [0.2, 0.25) is 0 Å². The van der Waals surface area contributed by atoms with E-state index in [1.165, 1.54) is 25.0 Å². The number of rotatable bonds is 9. The molecule has 2 aliphatic heterocycles. The van der Waals surface area contributed by atoms with Crippen molar-refractivity contribution in [2.24, 2.45) is 0 Å². The third-order valence-corrected chi connectivity index (χ3v) is 8.07. The van der Waals surface area contributed by atoms with Gasteiger partial charge in [-0.05, 0) is 91.7 Å². The van der Waals surface area contributed by atoms with Crippen LogP contribution in [-0.2, 0) is 25.5 Å². The first-order valence-electron chi connectivity index (χ1n) is 12.7. The quantitative estimate of drug-likeness (QED) is 0.254. The smallest absolute Gasteiger partial charge is 0.328 e. The second-order valence-corrected chi connectivity index (χ2v) is 11.4. The lowest BCUT2D eigenvalue weighted by atomic mass is 10.1. The first-order chi connectivity index (χ1) is 19.6. The second kappa shape index (κ2) is 13.0. The highest BCUT2D eigenvalue weighted by Gasteiger charge is 2.41. The monoisotopic (exact) mass is 592 g/mol. The predicted octanol–water partition coefficient (Wildman–Crippen LogP) is 6.05. The first-order valence-corrected chi connectivity index (χ1v) is 14.3. The number of imide groups is 2. The van der Waals surface area contributed by atoms with Crippen molar-refractivity contribution in [3.05, 3.63) is 93.2 Å². The third kappa shape index (κ3) is 6.98. The maximum Gasteiger partial charge on any atom is 0.328 e. The number of nitrogens with zero attached hydrogens (tertiary/aromatic N) is 2. The summed E-state index contributed by atoms with van der Waals surface area (Å²) in [6, 6.07) is 10.1. The zero-order chi connectivity index (χ0) is 29.7. The molecule has 2 fully saturated rings. The van der Waals surface area contributed by atoms with Crippen LogP contribution in [0.4, 0.5) is 9.59 Å². The average molecular weight is 593 g/mol. The molecule has 11 heteroatoms. The number of thioether (sulfide) groups is 2. The van der Waals surface area contributed by atoms with Crippen LogP contribution in [0.15, 0.2) is 80.7 Å². The van der Waals surface area contributed by atoms with Crippen molar-refractivity contribution in [2.45, 2.75) is 39.3 Å². The van der Waals surface area contributed by atoms with Gasteiger partial charge in [-0.2, -0.15) is 0 Å². The van der Waals surface area contributed by atoms with Gasteiger partial charge in [0.25, 0.3) is 22.3 Å². The molecule has 212 valence electrons. The van der Waals surface area contributed by atoms with Crippen molar-refractivity contribution < 1.29 is 33.1 Å². The number of benzene rings is 1. The van der Waals surface area contributed by atoms with Crippen LogP contribution in [0.3, 0.4) is 0 Å². The van der Waals surface area contributed by atoms with Crippen molar-refractivity contribution in [1.29, 1.82) is 0 Å². The lowest BCUT2D eigenvalue weighted by Gasteiger charge is -2.20. The van der Waals surface area contributed by atoms with Gasteiger partial charge in [0, 0.05) is 6.04 Å². The van der Waals surface area contributed by atoms with E-state index < -0.39 is 29.2 Å². The van der Waals surface area contributed by atoms with Gasteiger partial charge in [-0.25, -0.2) is 4.79 Å². The number of allylic oxidation sites excluding steroid dienone is 4. The molecule has 0 aliphatic carbocycles. The third-order valence-electron chi connectivity index (χ3n) is 6.28. The lowest BCUT2D eigenvalue weighted by molar-refractivity contribution is -0.148. The number of ether oxygens (including phenoxy) is 1. The SMILES string of the molecule is COC(=O)C(C)N1C(=O)S/C(=C\C=C\c2cc(CC(C)N3C(=O)S/C(=C\C(C)=C\c4ccccc4)C3=O)co2)C1=O. The van der Waals surface area contributed by atoms with Crippen molar-refractivity contribution in [3.63, 3.8) is 0 Å². The molecule has 4 rings (SSSR count). The van der Waals surface area contributed by atoms with Crippen LogP contribution in [0.5, 0.6) is 0 Å². The van der Waals surface area contributed by atoms with E-state index in [1.807, 2.05) is 43.3 Å². The molecule has 2 unspecified atom stereocenters. The van der Waals surface area contributed by atoms with Crippen molar-refractivity contribution in [3.8, 4) is 0 Å². The summed E-state index contributed by atoms with van der Waals surface area (Å²) in [7, 11) is 1.19. The zero-order valence-corrected chi connectivity index (χ0v) is 24.5. The van der Waals surface area contributed by atoms with Crippen molar-refractivity contribution >= 4 is 63.9 Å². The Bertz CT molecular complexity index is 1500. The summed E-state index contributed by atoms with van der Waals surface area (Å²) < 4.78 is 10.2. The molecule has 9 nitrogen and oxygen atoms in total. The summed E-state index contributed by atoms with van der Waals surface area (Å²) in [6.07, 6.45) is 10.3. The van der Waals surface area contributed by atoms with E-state index in [4.69, 9.17) is 4.42 Å². The normalized spacial score (nSPS) is 19.8. The average Bonchev–Trinajstić information content (AvgIpc) is 3.58. The molecule has 1 aromatic heterocycles. The Hall–Kier alpha value is -4.09. The van der Waals surface area contributed by atoms with Gasteiger partial charge in [-0.3, -0.25) is 29.0 Å². The summed E-state index contributed by atoms with van der Waals surface area (Å²) in [5.41, 5.74) is 2.66. The van der Waals surface area contributed by atoms with Crippen LogP contribution in [0.1, 0.15) is 37.7 Å². The standard InChI is InChI=1S/C30H28N2O7S2/c1-18(13-21-9-6-5-7-10-21)14-25-27(34)31(29(36)41-25)19(2)15-22-16-23(39-17-22)11-8-12-24-26(33)32(30(37)40-24)20(3)28(35)38-4/h5-14,16-17,19-20H,15H2,1-4H3/b11-8+,18-13+,24-12-,25-14-. The number of hydrogen-bond donors (Lipinski definition) is 0. The summed E-state index contributed by atoms with van der Waals surface area (Å²) in [4.78, 5) is 64.9. The molecule has 2 aliphatic rings. The molecule has 4 amide bonds. The van der Waals surface area contributed by atoms with Gasteiger partial charge in [-0.1, -0.05) is 42.5 Å². The lowest BCUT2D eigenvalue weighted by Crippen LogP contribution is -2.42. The van der Waals surface area contributed by atoms with E-state index in [-0.39, 0.29) is 16.1 Å². The number of carbonyl (C=O) groups is 5. The van der Waals surface area contributed by atoms with Crippen LogP contribution in [-0.4, -0.2) is 57.3 Å². The minimum absolute atomic E-state index is 0.170. The number of methoxy groups -OCH3 is 1. The molecule has 0 radical (unpaired) electrons. The predicted molar refractivity (Wildman–Crippen MR) is 158 cm³/mol. The van der Waals surface area contributed by atoms with E-state index in [0.717, 1.165) is 45.1 Å². The maximum absolute atomic E-state index is 13.0. The van der Waals surface area contributed by atoms with E-state index in [0.29, 0.717) is 17.1 Å². The van der Waals surface area contributed by atoms with Crippen LogP contribution >= 0.6 is 23.5 Å². The van der Waals surface area contributed by atoms with Crippen molar-refractivity contribution in [2.75, 3.05) is 7.11 Å². The highest BCUT2D eigenvalue weighted by molar-refractivity contribution is 8.18. The van der Waals surface area contributed by atoms with Crippen molar-refractivity contribution in [1.82, 2.24) is 9.80 Å². The number of esters is 1. The van der Waals surface area contributed by atoms with Crippen LogP contribution < -0.4 is 0 Å². The molecule has 0 spiro atoms. The van der Waals surface area contributed by atoms with Gasteiger partial charge in [0.15, 0.2) is 0 Å². The molecule has 0 N–H and O–H groups in total. The van der Waals surface area contributed by atoms with Crippen LogP contribution in [0, 0.1) is 0 Å². The Kier molecular flexibility index (Phi) is 9.51. The van der Waals surface area contributed by atoms with Gasteiger partial charge < -0.3 is 9.15 Å². The van der Waals surface area contributed by atoms with Gasteiger partial charge >= 0.3 is 5.97 Å². The van der Waals surface area contributed by atoms with Gasteiger partial charge in [0.05, 0.1) is 23.2 Å². The maximum atomic E-state index is 13.0. The minimum atomic E-state index is -1.02. The fourth-order valence-electron chi connectivity index (χ4n) is 4.28. The number of furan rings is 1. The molecule has 0 bridgehead atoms. The highest BCUT2D eigenvalue weighted by atomic mass is 32.2. The van der Waals surface area contributed by atoms with E-state index in [9.17, 15) is 24.0 Å². The molecular formula is C30H28N2O7S2. The Morgan fingerprint density at radius 2 is 1.66 bits per heavy atom. The summed E-state index contributed by atoms with van der Waals surface area (Å²) >= 11 is 1.66. The minimum Gasteiger partial charge on any atom is -0.467 e. The molecule has 2 atom stereocenters. The van der Waals surface area contributed by atoms with E-state index in [1.54, 1.807) is 37.5 Å². The zero-order valence-electron chi connectivity index (χ0n) is 22.9. The second-order valence-electron chi connectivity index (χ2n) is 9.39. The summed E-state index contributed by atoms with van der Waals surface area (Å²) in [5, 5.41) is -0.869. The van der Waals surface area contributed by atoms with Crippen LogP contribution in [0.2, 0.25) is 0 Å². The van der Waals surface area contributed by atoms with Gasteiger partial charge in [0.1, 0.15) is 11.8 Å². The molecule has 2 saturated heterocycles. The largest absolute Gasteiger partial charge is 0.467 e. The molecular weight excluding hydrogens is 564 g/mol. The Labute approximate surface area is 245 Å².